The SMILES string of the molecule is COC(=O)[C@@H]1CC=CC(OC)=C1C(=O)OCc1ccccc1. The third-order valence-corrected chi connectivity index (χ3v) is 3.39. The third-order valence-electron chi connectivity index (χ3n) is 3.39. The Morgan fingerprint density at radius 1 is 1.18 bits per heavy atom. The number of esters is 2. The number of allylic oxidation sites excluding steroid dienone is 2. The van der Waals surface area contributed by atoms with Crippen LogP contribution in [0.2, 0.25) is 0 Å². The van der Waals surface area contributed by atoms with E-state index in [4.69, 9.17) is 14.2 Å². The first-order valence-electron chi connectivity index (χ1n) is 6.91. The van der Waals surface area contributed by atoms with Crippen LogP contribution in [0.25, 0.3) is 0 Å². The van der Waals surface area contributed by atoms with E-state index in [-0.39, 0.29) is 12.2 Å². The third kappa shape index (κ3) is 3.55. The van der Waals surface area contributed by atoms with Crippen LogP contribution >= 0.6 is 0 Å². The maximum atomic E-state index is 12.4. The molecule has 5 nitrogen and oxygen atoms in total. The van der Waals surface area contributed by atoms with E-state index in [0.29, 0.717) is 12.2 Å². The lowest BCUT2D eigenvalue weighted by Gasteiger charge is -2.21. The van der Waals surface area contributed by atoms with Crippen LogP contribution in [-0.4, -0.2) is 26.2 Å². The molecule has 0 heterocycles. The number of methoxy groups -OCH3 is 2. The fourth-order valence-corrected chi connectivity index (χ4v) is 2.27. The van der Waals surface area contributed by atoms with Gasteiger partial charge in [0.1, 0.15) is 12.4 Å². The highest BCUT2D eigenvalue weighted by Crippen LogP contribution is 2.28. The van der Waals surface area contributed by atoms with Gasteiger partial charge in [0.15, 0.2) is 0 Å². The van der Waals surface area contributed by atoms with Crippen molar-refractivity contribution in [2.75, 3.05) is 14.2 Å². The topological polar surface area (TPSA) is 61.8 Å². The molecule has 1 aliphatic carbocycles. The number of benzene rings is 1. The lowest BCUT2D eigenvalue weighted by Crippen LogP contribution is -2.27. The van der Waals surface area contributed by atoms with Gasteiger partial charge in [0.2, 0.25) is 0 Å². The van der Waals surface area contributed by atoms with Crippen molar-refractivity contribution in [3.05, 3.63) is 59.4 Å². The predicted molar refractivity (Wildman–Crippen MR) is 79.5 cm³/mol. The predicted octanol–water partition coefficient (Wildman–Crippen LogP) is 2.38. The van der Waals surface area contributed by atoms with Crippen LogP contribution in [0.5, 0.6) is 0 Å². The molecule has 5 heteroatoms. The van der Waals surface area contributed by atoms with Gasteiger partial charge in [-0.05, 0) is 18.1 Å². The van der Waals surface area contributed by atoms with E-state index in [1.54, 1.807) is 12.2 Å². The fraction of sp³-hybridized carbons (Fsp3) is 0.294. The summed E-state index contributed by atoms with van der Waals surface area (Å²) in [4.78, 5) is 24.2. The molecule has 0 aliphatic heterocycles. The Bertz CT molecular complexity index is 601. The first-order chi connectivity index (χ1) is 10.7. The molecule has 0 saturated carbocycles. The Hall–Kier alpha value is -2.56. The van der Waals surface area contributed by atoms with E-state index in [0.717, 1.165) is 5.56 Å². The van der Waals surface area contributed by atoms with Crippen molar-refractivity contribution < 1.29 is 23.8 Å². The Kier molecular flexibility index (Phi) is 5.36. The Morgan fingerprint density at radius 2 is 1.91 bits per heavy atom. The molecule has 1 aromatic rings. The maximum absolute atomic E-state index is 12.4. The van der Waals surface area contributed by atoms with Gasteiger partial charge in [-0.1, -0.05) is 36.4 Å². The monoisotopic (exact) mass is 302 g/mol. The molecule has 0 spiro atoms. The normalized spacial score (nSPS) is 17.1. The summed E-state index contributed by atoms with van der Waals surface area (Å²) in [5.41, 5.74) is 1.07. The highest BCUT2D eigenvalue weighted by Gasteiger charge is 2.34. The number of carbonyl (C=O) groups is 2. The van der Waals surface area contributed by atoms with Crippen LogP contribution in [-0.2, 0) is 30.4 Å². The molecule has 0 radical (unpaired) electrons. The van der Waals surface area contributed by atoms with Crippen LogP contribution in [0, 0.1) is 5.92 Å². The van der Waals surface area contributed by atoms with E-state index in [2.05, 4.69) is 0 Å². The smallest absolute Gasteiger partial charge is 0.339 e. The molecule has 0 amide bonds. The van der Waals surface area contributed by atoms with Gasteiger partial charge in [0, 0.05) is 0 Å². The zero-order valence-electron chi connectivity index (χ0n) is 12.6. The minimum absolute atomic E-state index is 0.137. The van der Waals surface area contributed by atoms with Crippen molar-refractivity contribution in [1.29, 1.82) is 0 Å². The number of hydrogen-bond donors (Lipinski definition) is 0. The summed E-state index contributed by atoms with van der Waals surface area (Å²) in [7, 11) is 2.74. The summed E-state index contributed by atoms with van der Waals surface area (Å²) < 4.78 is 15.2. The van der Waals surface area contributed by atoms with Gasteiger partial charge in [0.25, 0.3) is 0 Å². The summed E-state index contributed by atoms with van der Waals surface area (Å²) in [6.07, 6.45) is 3.82. The standard InChI is InChI=1S/C17H18O5/c1-20-14-10-6-9-13(16(18)21-2)15(14)17(19)22-11-12-7-4-3-5-8-12/h3-8,10,13H,9,11H2,1-2H3/t13-/m1/s1. The lowest BCUT2D eigenvalue weighted by molar-refractivity contribution is -0.149. The molecule has 0 N–H and O–H groups in total. The second kappa shape index (κ2) is 7.45. The summed E-state index contributed by atoms with van der Waals surface area (Å²) in [5, 5.41) is 0. The molecule has 0 bridgehead atoms. The van der Waals surface area contributed by atoms with Crippen molar-refractivity contribution in [3.8, 4) is 0 Å². The van der Waals surface area contributed by atoms with Gasteiger partial charge in [0.05, 0.1) is 25.7 Å². The first kappa shape index (κ1) is 15.8. The van der Waals surface area contributed by atoms with E-state index in [1.807, 2.05) is 30.3 Å². The molecule has 1 aromatic carbocycles. The summed E-state index contributed by atoms with van der Waals surface area (Å²) in [6, 6.07) is 9.33. The minimum atomic E-state index is -0.701. The van der Waals surface area contributed by atoms with Crippen molar-refractivity contribution in [1.82, 2.24) is 0 Å². The molecular formula is C17H18O5. The van der Waals surface area contributed by atoms with Gasteiger partial charge < -0.3 is 14.2 Å². The van der Waals surface area contributed by atoms with Gasteiger partial charge in [-0.3, -0.25) is 4.79 Å². The van der Waals surface area contributed by atoms with Crippen molar-refractivity contribution >= 4 is 11.9 Å². The highest BCUT2D eigenvalue weighted by molar-refractivity contribution is 5.97. The fourth-order valence-electron chi connectivity index (χ4n) is 2.27. The molecule has 0 saturated heterocycles. The molecular weight excluding hydrogens is 284 g/mol. The summed E-state index contributed by atoms with van der Waals surface area (Å²) in [5.74, 6) is -1.42. The maximum Gasteiger partial charge on any atom is 0.339 e. The Labute approximate surface area is 129 Å². The molecule has 0 unspecified atom stereocenters. The van der Waals surface area contributed by atoms with Gasteiger partial charge in [-0.15, -0.1) is 0 Å². The van der Waals surface area contributed by atoms with Crippen LogP contribution in [0.3, 0.4) is 0 Å². The van der Waals surface area contributed by atoms with Gasteiger partial charge in [-0.25, -0.2) is 4.79 Å². The first-order valence-corrected chi connectivity index (χ1v) is 6.91. The van der Waals surface area contributed by atoms with Crippen LogP contribution in [0.15, 0.2) is 53.8 Å². The molecule has 0 aromatic heterocycles. The molecule has 22 heavy (non-hydrogen) atoms. The lowest BCUT2D eigenvalue weighted by atomic mass is 9.90. The van der Waals surface area contributed by atoms with E-state index >= 15 is 0 Å². The zero-order valence-corrected chi connectivity index (χ0v) is 12.6. The Morgan fingerprint density at radius 3 is 2.55 bits per heavy atom. The van der Waals surface area contributed by atoms with Crippen LogP contribution in [0.4, 0.5) is 0 Å². The van der Waals surface area contributed by atoms with Crippen LogP contribution < -0.4 is 0 Å². The minimum Gasteiger partial charge on any atom is -0.496 e. The molecule has 2 rings (SSSR count). The molecule has 1 aliphatic rings. The average molecular weight is 302 g/mol. The quantitative estimate of drug-likeness (QED) is 0.781. The van der Waals surface area contributed by atoms with Crippen molar-refractivity contribution in [3.63, 3.8) is 0 Å². The van der Waals surface area contributed by atoms with Gasteiger partial charge in [-0.2, -0.15) is 0 Å². The molecule has 0 fully saturated rings. The summed E-state index contributed by atoms with van der Waals surface area (Å²) in [6.45, 7) is 0.137. The second-order valence-corrected chi connectivity index (χ2v) is 4.76. The van der Waals surface area contributed by atoms with E-state index in [9.17, 15) is 9.59 Å². The largest absolute Gasteiger partial charge is 0.496 e. The van der Waals surface area contributed by atoms with E-state index < -0.39 is 17.9 Å². The number of hydrogen-bond acceptors (Lipinski definition) is 5. The van der Waals surface area contributed by atoms with Gasteiger partial charge >= 0.3 is 11.9 Å². The van der Waals surface area contributed by atoms with Crippen LogP contribution in [0.1, 0.15) is 12.0 Å². The van der Waals surface area contributed by atoms with Crippen molar-refractivity contribution in [2.24, 2.45) is 5.92 Å². The number of rotatable bonds is 5. The summed E-state index contributed by atoms with van der Waals surface area (Å²) >= 11 is 0. The second-order valence-electron chi connectivity index (χ2n) is 4.76. The molecule has 1 atom stereocenters. The number of carbonyl (C=O) groups excluding carboxylic acids is 2. The molecule has 116 valence electrons. The van der Waals surface area contributed by atoms with Crippen molar-refractivity contribution in [2.45, 2.75) is 13.0 Å². The Balaban J connectivity index is 2.17. The average Bonchev–Trinajstić information content (AvgIpc) is 2.59. The highest BCUT2D eigenvalue weighted by atomic mass is 16.5. The zero-order chi connectivity index (χ0) is 15.9. The number of ether oxygens (including phenoxy) is 3. The van der Waals surface area contributed by atoms with E-state index in [1.165, 1.54) is 14.2 Å².